The highest BCUT2D eigenvalue weighted by molar-refractivity contribution is 5.96. The second-order valence-corrected chi connectivity index (χ2v) is 5.12. The first kappa shape index (κ1) is 14.9. The fraction of sp³-hybridized carbons (Fsp3) is 0.176. The second kappa shape index (κ2) is 6.39. The lowest BCUT2D eigenvalue weighted by atomic mass is 10.0. The molecule has 2 aromatic heterocycles. The number of H-pyrrole nitrogens is 1. The van der Waals surface area contributed by atoms with Crippen LogP contribution in [0.2, 0.25) is 0 Å². The Kier molecular flexibility index (Phi) is 4.14. The Morgan fingerprint density at radius 3 is 2.87 bits per heavy atom. The molecule has 0 radical (unpaired) electrons. The molecule has 2 heterocycles. The fourth-order valence-electron chi connectivity index (χ4n) is 2.49. The minimum absolute atomic E-state index is 0.334. The number of aromatic amines is 1. The molecule has 3 aromatic rings. The maximum Gasteiger partial charge on any atom is 0.328 e. The molecule has 0 aliphatic heterocycles. The second-order valence-electron chi connectivity index (χ2n) is 5.12. The van der Waals surface area contributed by atoms with Gasteiger partial charge in [0.1, 0.15) is 12.3 Å². The van der Waals surface area contributed by atoms with E-state index in [1.54, 1.807) is 0 Å². The first-order chi connectivity index (χ1) is 11.2. The number of aromatic nitrogens is 1. The highest BCUT2D eigenvalue weighted by Gasteiger charge is 2.24. The van der Waals surface area contributed by atoms with Gasteiger partial charge < -0.3 is 19.5 Å². The molecule has 3 rings (SSSR count). The van der Waals surface area contributed by atoms with Crippen LogP contribution in [-0.4, -0.2) is 30.0 Å². The zero-order chi connectivity index (χ0) is 16.2. The van der Waals surface area contributed by atoms with Crippen LogP contribution in [0.4, 0.5) is 0 Å². The first-order valence-electron chi connectivity index (χ1n) is 7.15. The van der Waals surface area contributed by atoms with E-state index in [9.17, 15) is 9.59 Å². The number of para-hydroxylation sites is 1. The van der Waals surface area contributed by atoms with Gasteiger partial charge in [0.05, 0.1) is 18.9 Å². The molecule has 2 N–H and O–H groups in total. The van der Waals surface area contributed by atoms with Crippen LogP contribution in [0.15, 0.2) is 53.5 Å². The predicted molar refractivity (Wildman–Crippen MR) is 84.0 cm³/mol. The van der Waals surface area contributed by atoms with E-state index in [1.807, 2.05) is 30.5 Å². The molecule has 1 aromatic carbocycles. The van der Waals surface area contributed by atoms with Gasteiger partial charge in [-0.2, -0.15) is 0 Å². The molecule has 0 bridgehead atoms. The van der Waals surface area contributed by atoms with Crippen LogP contribution in [0, 0.1) is 0 Å². The number of benzene rings is 1. The topological polar surface area (TPSA) is 84.3 Å². The summed E-state index contributed by atoms with van der Waals surface area (Å²) in [6.07, 6.45) is 4.90. The summed E-state index contributed by atoms with van der Waals surface area (Å²) < 4.78 is 9.69. The normalized spacial score (nSPS) is 12.0. The highest BCUT2D eigenvalue weighted by atomic mass is 16.5. The fourth-order valence-corrected chi connectivity index (χ4v) is 2.49. The van der Waals surface area contributed by atoms with Gasteiger partial charge in [-0.05, 0) is 17.7 Å². The molecule has 0 spiro atoms. The Bertz CT molecular complexity index is 820. The van der Waals surface area contributed by atoms with Crippen molar-refractivity contribution in [3.05, 3.63) is 60.2 Å². The molecular formula is C17H16N2O4. The lowest BCUT2D eigenvalue weighted by Gasteiger charge is -2.15. The predicted octanol–water partition coefficient (Wildman–Crippen LogP) is 2.28. The van der Waals surface area contributed by atoms with Crippen molar-refractivity contribution in [1.29, 1.82) is 0 Å². The van der Waals surface area contributed by atoms with Gasteiger partial charge in [-0.25, -0.2) is 4.79 Å². The number of fused-ring (bicyclic) bond motifs is 1. The van der Waals surface area contributed by atoms with Crippen LogP contribution in [0.1, 0.15) is 15.9 Å². The summed E-state index contributed by atoms with van der Waals surface area (Å²) in [6, 6.07) is 8.54. The van der Waals surface area contributed by atoms with Crippen molar-refractivity contribution in [1.82, 2.24) is 10.3 Å². The van der Waals surface area contributed by atoms with E-state index in [2.05, 4.69) is 10.3 Å². The number of amides is 1. The smallest absolute Gasteiger partial charge is 0.328 e. The number of rotatable bonds is 5. The number of hydrogen-bond acceptors (Lipinski definition) is 4. The molecular weight excluding hydrogens is 296 g/mol. The average Bonchev–Trinajstić information content (AvgIpc) is 3.23. The third kappa shape index (κ3) is 3.11. The van der Waals surface area contributed by atoms with E-state index in [0.29, 0.717) is 12.0 Å². The van der Waals surface area contributed by atoms with E-state index >= 15 is 0 Å². The van der Waals surface area contributed by atoms with E-state index in [1.165, 1.54) is 25.7 Å². The zero-order valence-corrected chi connectivity index (χ0v) is 12.5. The Balaban J connectivity index is 1.82. The molecule has 1 atom stereocenters. The van der Waals surface area contributed by atoms with Crippen LogP contribution >= 0.6 is 0 Å². The SMILES string of the molecule is COC(=O)[C@@H](Cc1c[nH]c2ccccc12)NC(=O)c1ccoc1. The summed E-state index contributed by atoms with van der Waals surface area (Å²) in [6.45, 7) is 0. The number of hydrogen-bond donors (Lipinski definition) is 2. The van der Waals surface area contributed by atoms with Gasteiger partial charge in [0.15, 0.2) is 0 Å². The molecule has 0 unspecified atom stereocenters. The molecule has 1 amide bonds. The van der Waals surface area contributed by atoms with E-state index in [0.717, 1.165) is 16.5 Å². The van der Waals surface area contributed by atoms with Crippen molar-refractivity contribution in [3.8, 4) is 0 Å². The first-order valence-corrected chi connectivity index (χ1v) is 7.15. The van der Waals surface area contributed by atoms with Crippen molar-refractivity contribution in [3.63, 3.8) is 0 Å². The number of ether oxygens (including phenoxy) is 1. The zero-order valence-electron chi connectivity index (χ0n) is 12.5. The molecule has 0 saturated carbocycles. The molecule has 0 aliphatic carbocycles. The lowest BCUT2D eigenvalue weighted by molar-refractivity contribution is -0.142. The number of esters is 1. The monoisotopic (exact) mass is 312 g/mol. The van der Waals surface area contributed by atoms with Crippen molar-refractivity contribution >= 4 is 22.8 Å². The number of nitrogens with one attached hydrogen (secondary N) is 2. The molecule has 0 saturated heterocycles. The van der Waals surface area contributed by atoms with Crippen LogP contribution in [0.3, 0.4) is 0 Å². The number of carbonyl (C=O) groups excluding carboxylic acids is 2. The van der Waals surface area contributed by atoms with Crippen molar-refractivity contribution in [2.75, 3.05) is 7.11 Å². The lowest BCUT2D eigenvalue weighted by Crippen LogP contribution is -2.42. The van der Waals surface area contributed by atoms with Crippen LogP contribution in [0.5, 0.6) is 0 Å². The summed E-state index contributed by atoms with van der Waals surface area (Å²) in [4.78, 5) is 27.3. The molecule has 6 nitrogen and oxygen atoms in total. The van der Waals surface area contributed by atoms with Crippen molar-refractivity contribution in [2.24, 2.45) is 0 Å². The van der Waals surface area contributed by atoms with Gasteiger partial charge in [0, 0.05) is 23.5 Å². The van der Waals surface area contributed by atoms with Gasteiger partial charge in [-0.15, -0.1) is 0 Å². The molecule has 23 heavy (non-hydrogen) atoms. The van der Waals surface area contributed by atoms with Gasteiger partial charge >= 0.3 is 5.97 Å². The number of carbonyl (C=O) groups is 2. The molecule has 0 aliphatic rings. The van der Waals surface area contributed by atoms with Crippen LogP contribution in [-0.2, 0) is 16.0 Å². The van der Waals surface area contributed by atoms with Gasteiger partial charge in [-0.3, -0.25) is 4.79 Å². The van der Waals surface area contributed by atoms with Crippen LogP contribution < -0.4 is 5.32 Å². The molecule has 6 heteroatoms. The molecule has 0 fully saturated rings. The van der Waals surface area contributed by atoms with Gasteiger partial charge in [-0.1, -0.05) is 18.2 Å². The summed E-state index contributed by atoms with van der Waals surface area (Å²) in [7, 11) is 1.30. The van der Waals surface area contributed by atoms with Crippen molar-refractivity contribution < 1.29 is 18.7 Å². The average molecular weight is 312 g/mol. The third-order valence-electron chi connectivity index (χ3n) is 3.67. The highest BCUT2D eigenvalue weighted by Crippen LogP contribution is 2.19. The maximum atomic E-state index is 12.1. The summed E-state index contributed by atoms with van der Waals surface area (Å²) in [5.74, 6) is -0.874. The molecule has 118 valence electrons. The van der Waals surface area contributed by atoms with Gasteiger partial charge in [0.25, 0.3) is 5.91 Å². The van der Waals surface area contributed by atoms with E-state index < -0.39 is 12.0 Å². The Hall–Kier alpha value is -3.02. The third-order valence-corrected chi connectivity index (χ3v) is 3.67. The minimum Gasteiger partial charge on any atom is -0.472 e. The minimum atomic E-state index is -0.776. The standard InChI is InChI=1S/C17H16N2O4/c1-22-17(21)15(19-16(20)11-6-7-23-10-11)8-12-9-18-14-5-3-2-4-13(12)14/h2-7,9-10,15,18H,8H2,1H3,(H,19,20)/t15-/m1/s1. The van der Waals surface area contributed by atoms with E-state index in [4.69, 9.17) is 9.15 Å². The van der Waals surface area contributed by atoms with Gasteiger partial charge in [0.2, 0.25) is 0 Å². The van der Waals surface area contributed by atoms with Crippen molar-refractivity contribution in [2.45, 2.75) is 12.5 Å². The summed E-state index contributed by atoms with van der Waals surface area (Å²) in [5, 5.41) is 3.70. The number of furan rings is 1. The summed E-state index contributed by atoms with van der Waals surface area (Å²) >= 11 is 0. The summed E-state index contributed by atoms with van der Waals surface area (Å²) in [5.41, 5.74) is 2.27. The largest absolute Gasteiger partial charge is 0.472 e. The Morgan fingerprint density at radius 1 is 1.30 bits per heavy atom. The number of methoxy groups -OCH3 is 1. The van der Waals surface area contributed by atoms with E-state index in [-0.39, 0.29) is 5.91 Å². The Labute approximate surface area is 132 Å². The Morgan fingerprint density at radius 2 is 2.13 bits per heavy atom. The van der Waals surface area contributed by atoms with Crippen LogP contribution in [0.25, 0.3) is 10.9 Å². The maximum absolute atomic E-state index is 12.1. The quantitative estimate of drug-likeness (QED) is 0.708.